The van der Waals surface area contributed by atoms with Gasteiger partial charge >= 0.3 is 0 Å². The first-order valence-electron chi connectivity index (χ1n) is 6.96. The molecule has 0 spiro atoms. The molecule has 118 valence electrons. The van der Waals surface area contributed by atoms with Crippen LogP contribution in [0.5, 0.6) is 0 Å². The minimum atomic E-state index is -3.27. The summed E-state index contributed by atoms with van der Waals surface area (Å²) in [6, 6.07) is 13.4. The van der Waals surface area contributed by atoms with Gasteiger partial charge in [0.2, 0.25) is 10.0 Å². The average Bonchev–Trinajstić information content (AvgIpc) is 2.44. The van der Waals surface area contributed by atoms with Crippen molar-refractivity contribution in [1.82, 2.24) is 0 Å². The topological polar surface area (TPSA) is 70.2 Å². The molecule has 0 fully saturated rings. The van der Waals surface area contributed by atoms with Crippen molar-refractivity contribution in [3.05, 3.63) is 53.6 Å². The van der Waals surface area contributed by atoms with Gasteiger partial charge < -0.3 is 10.6 Å². The van der Waals surface area contributed by atoms with Crippen LogP contribution < -0.4 is 15.4 Å². The Labute approximate surface area is 131 Å². The summed E-state index contributed by atoms with van der Waals surface area (Å²) < 4.78 is 25.0. The molecule has 0 heterocycles. The van der Waals surface area contributed by atoms with Gasteiger partial charge in [0.25, 0.3) is 0 Å². The lowest BCUT2D eigenvalue weighted by Gasteiger charge is -2.13. The Balaban J connectivity index is 2.12. The maximum Gasteiger partial charge on any atom is 0.229 e. The Kier molecular flexibility index (Phi) is 4.92. The lowest BCUT2D eigenvalue weighted by molar-refractivity contribution is 0.607. The fourth-order valence-corrected chi connectivity index (χ4v) is 2.77. The maximum absolute atomic E-state index is 11.3. The maximum atomic E-state index is 11.3. The van der Waals surface area contributed by atoms with Gasteiger partial charge in [0.05, 0.1) is 11.9 Å². The number of aryl methyl sites for hydroxylation is 1. The van der Waals surface area contributed by atoms with Gasteiger partial charge in [-0.05, 0) is 36.8 Å². The number of anilines is 3. The van der Waals surface area contributed by atoms with Crippen LogP contribution in [0.25, 0.3) is 0 Å². The molecule has 6 heteroatoms. The second-order valence-corrected chi connectivity index (χ2v) is 6.97. The van der Waals surface area contributed by atoms with Crippen LogP contribution in [0.3, 0.4) is 0 Å². The van der Waals surface area contributed by atoms with Crippen LogP contribution in [0, 0.1) is 6.92 Å². The molecule has 0 atom stereocenters. The van der Waals surface area contributed by atoms with Crippen molar-refractivity contribution in [2.24, 2.45) is 0 Å². The zero-order valence-electron chi connectivity index (χ0n) is 13.0. The van der Waals surface area contributed by atoms with Gasteiger partial charge in [-0.2, -0.15) is 0 Å². The molecule has 0 saturated heterocycles. The first-order valence-corrected chi connectivity index (χ1v) is 8.85. The smallest absolute Gasteiger partial charge is 0.229 e. The molecule has 0 aliphatic carbocycles. The third-order valence-electron chi connectivity index (χ3n) is 3.18. The minimum absolute atomic E-state index is 0.547. The molecule has 0 aromatic heterocycles. The van der Waals surface area contributed by atoms with E-state index in [1.165, 1.54) is 5.56 Å². The molecule has 0 bridgehead atoms. The second-order valence-electron chi connectivity index (χ2n) is 5.22. The zero-order valence-corrected chi connectivity index (χ0v) is 13.8. The molecule has 5 nitrogen and oxygen atoms in total. The largest absolute Gasteiger partial charge is 0.388 e. The zero-order chi connectivity index (χ0) is 16.2. The van der Waals surface area contributed by atoms with Gasteiger partial charge in [-0.15, -0.1) is 0 Å². The third-order valence-corrected chi connectivity index (χ3v) is 3.79. The van der Waals surface area contributed by atoms with E-state index < -0.39 is 10.0 Å². The Morgan fingerprint density at radius 3 is 2.45 bits per heavy atom. The fourth-order valence-electron chi connectivity index (χ4n) is 2.22. The molecule has 22 heavy (non-hydrogen) atoms. The number of hydrogen-bond donors (Lipinski definition) is 3. The van der Waals surface area contributed by atoms with E-state index in [0.29, 0.717) is 12.2 Å². The highest BCUT2D eigenvalue weighted by molar-refractivity contribution is 7.92. The van der Waals surface area contributed by atoms with Crippen LogP contribution in [0.2, 0.25) is 0 Å². The van der Waals surface area contributed by atoms with E-state index in [0.717, 1.165) is 23.2 Å². The number of rotatable bonds is 6. The monoisotopic (exact) mass is 319 g/mol. The predicted molar refractivity (Wildman–Crippen MR) is 93.0 cm³/mol. The predicted octanol–water partition coefficient (Wildman–Crippen LogP) is 3.02. The highest BCUT2D eigenvalue weighted by Gasteiger charge is 2.04. The van der Waals surface area contributed by atoms with Crippen molar-refractivity contribution in [3.63, 3.8) is 0 Å². The lowest BCUT2D eigenvalue weighted by atomic mass is 10.1. The molecule has 0 radical (unpaired) electrons. The number of benzene rings is 2. The van der Waals surface area contributed by atoms with Crippen molar-refractivity contribution >= 4 is 27.1 Å². The van der Waals surface area contributed by atoms with Crippen LogP contribution in [0.1, 0.15) is 11.1 Å². The Hall–Kier alpha value is -2.21. The number of nitrogens with one attached hydrogen (secondary N) is 3. The van der Waals surface area contributed by atoms with E-state index in [2.05, 4.69) is 34.4 Å². The summed E-state index contributed by atoms with van der Waals surface area (Å²) in [6.45, 7) is 2.71. The summed E-state index contributed by atoms with van der Waals surface area (Å²) in [4.78, 5) is 0. The van der Waals surface area contributed by atoms with Crippen molar-refractivity contribution in [1.29, 1.82) is 0 Å². The summed E-state index contributed by atoms with van der Waals surface area (Å²) in [6.07, 6.45) is 1.14. The fraction of sp³-hybridized carbons (Fsp3) is 0.250. The van der Waals surface area contributed by atoms with Gasteiger partial charge in [0, 0.05) is 25.0 Å². The molecule has 0 saturated carbocycles. The van der Waals surface area contributed by atoms with E-state index in [4.69, 9.17) is 0 Å². The minimum Gasteiger partial charge on any atom is -0.388 e. The molecule has 0 unspecified atom stereocenters. The summed E-state index contributed by atoms with van der Waals surface area (Å²) >= 11 is 0. The molecule has 2 rings (SSSR count). The van der Waals surface area contributed by atoms with E-state index in [-0.39, 0.29) is 0 Å². The van der Waals surface area contributed by atoms with E-state index >= 15 is 0 Å². The van der Waals surface area contributed by atoms with Crippen molar-refractivity contribution in [2.75, 3.05) is 28.7 Å². The Bertz CT molecular complexity index is 758. The molecule has 0 aliphatic heterocycles. The summed E-state index contributed by atoms with van der Waals surface area (Å²) in [5.41, 5.74) is 4.83. The number of hydrogen-bond acceptors (Lipinski definition) is 4. The van der Waals surface area contributed by atoms with Gasteiger partial charge in [-0.25, -0.2) is 8.42 Å². The van der Waals surface area contributed by atoms with Crippen molar-refractivity contribution in [3.8, 4) is 0 Å². The molecule has 0 aliphatic rings. The quantitative estimate of drug-likeness (QED) is 0.765. The molecular weight excluding hydrogens is 298 g/mol. The van der Waals surface area contributed by atoms with E-state index in [1.54, 1.807) is 12.1 Å². The normalized spacial score (nSPS) is 11.0. The lowest BCUT2D eigenvalue weighted by Crippen LogP contribution is -2.10. The summed E-state index contributed by atoms with van der Waals surface area (Å²) in [5.74, 6) is 0. The number of sulfonamides is 1. The molecule has 2 aromatic rings. The summed E-state index contributed by atoms with van der Waals surface area (Å²) in [5, 5.41) is 6.48. The van der Waals surface area contributed by atoms with Crippen molar-refractivity contribution in [2.45, 2.75) is 13.5 Å². The van der Waals surface area contributed by atoms with E-state index in [9.17, 15) is 8.42 Å². The van der Waals surface area contributed by atoms with E-state index in [1.807, 2.05) is 25.2 Å². The van der Waals surface area contributed by atoms with Crippen LogP contribution in [-0.4, -0.2) is 21.7 Å². The standard InChI is InChI=1S/C16H21N3O2S/c1-12-7-8-16(17-2)13(9-12)11-18-14-5-4-6-15(10-14)19-22(3,20)21/h4-10,17-19H,11H2,1-3H3. The molecular formula is C16H21N3O2S. The summed E-state index contributed by atoms with van der Waals surface area (Å²) in [7, 11) is -1.37. The third kappa shape index (κ3) is 4.66. The molecule has 2 aromatic carbocycles. The van der Waals surface area contributed by atoms with Crippen LogP contribution in [-0.2, 0) is 16.6 Å². The Morgan fingerprint density at radius 2 is 1.77 bits per heavy atom. The average molecular weight is 319 g/mol. The van der Waals surface area contributed by atoms with Crippen LogP contribution >= 0.6 is 0 Å². The SMILES string of the molecule is CNc1ccc(C)cc1CNc1cccc(NS(C)(=O)=O)c1. The first kappa shape index (κ1) is 16.2. The molecule has 0 amide bonds. The molecule has 3 N–H and O–H groups in total. The van der Waals surface area contributed by atoms with Gasteiger partial charge in [-0.1, -0.05) is 23.8 Å². The second kappa shape index (κ2) is 6.70. The van der Waals surface area contributed by atoms with Crippen molar-refractivity contribution < 1.29 is 8.42 Å². The highest BCUT2D eigenvalue weighted by Crippen LogP contribution is 2.20. The van der Waals surface area contributed by atoms with Gasteiger partial charge in [0.1, 0.15) is 0 Å². The van der Waals surface area contributed by atoms with Crippen LogP contribution in [0.15, 0.2) is 42.5 Å². The van der Waals surface area contributed by atoms with Gasteiger partial charge in [-0.3, -0.25) is 4.72 Å². The van der Waals surface area contributed by atoms with Gasteiger partial charge in [0.15, 0.2) is 0 Å². The van der Waals surface area contributed by atoms with Crippen LogP contribution in [0.4, 0.5) is 17.1 Å². The highest BCUT2D eigenvalue weighted by atomic mass is 32.2. The first-order chi connectivity index (χ1) is 10.4. The Morgan fingerprint density at radius 1 is 1.05 bits per heavy atom.